The molecule has 9 heteroatoms. The highest BCUT2D eigenvalue weighted by Crippen LogP contribution is 2.28. The van der Waals surface area contributed by atoms with Crippen molar-refractivity contribution < 1.29 is 22.7 Å². The van der Waals surface area contributed by atoms with Gasteiger partial charge in [-0.05, 0) is 50.6 Å². The van der Waals surface area contributed by atoms with Crippen LogP contribution in [0.5, 0.6) is 5.75 Å². The highest BCUT2D eigenvalue weighted by Gasteiger charge is 2.27. The number of fused-ring (bicyclic) bond motifs is 1. The van der Waals surface area contributed by atoms with E-state index in [1.165, 1.54) is 0 Å². The van der Waals surface area contributed by atoms with Crippen molar-refractivity contribution in [1.29, 1.82) is 0 Å². The fraction of sp³-hybridized carbons (Fsp3) is 0.480. The molecule has 3 rings (SSSR count). The number of carbonyl (C=O) groups is 1. The molecule has 0 fully saturated rings. The van der Waals surface area contributed by atoms with Crippen LogP contribution in [0.3, 0.4) is 0 Å². The molecule has 0 spiro atoms. The van der Waals surface area contributed by atoms with Crippen molar-refractivity contribution in [2.24, 2.45) is 5.92 Å². The van der Waals surface area contributed by atoms with Crippen molar-refractivity contribution in [2.45, 2.75) is 37.8 Å². The second kappa shape index (κ2) is 10.8. The van der Waals surface area contributed by atoms with Gasteiger partial charge in [0, 0.05) is 39.4 Å². The van der Waals surface area contributed by atoms with Crippen LogP contribution in [0.15, 0.2) is 47.4 Å². The largest absolute Gasteiger partial charge is 0.491 e. The Balaban J connectivity index is 1.96. The topological polar surface area (TPSA) is 88.2 Å². The van der Waals surface area contributed by atoms with Crippen LogP contribution in [0.4, 0.5) is 5.69 Å². The number of rotatable bonds is 4. The number of amides is 1. The lowest BCUT2D eigenvalue weighted by Gasteiger charge is -2.34. The number of methoxy groups -OCH3 is 1. The Bertz CT molecular complexity index is 1120. The summed E-state index contributed by atoms with van der Waals surface area (Å²) in [6.45, 7) is 7.48. The second-order valence-corrected chi connectivity index (χ2v) is 10.8. The number of ether oxygens (including phenoxy) is 2. The molecule has 1 heterocycles. The van der Waals surface area contributed by atoms with Gasteiger partial charge in [0.05, 0.1) is 22.3 Å². The Morgan fingerprint density at radius 3 is 2.47 bits per heavy atom. The van der Waals surface area contributed by atoms with E-state index in [2.05, 4.69) is 23.5 Å². The van der Waals surface area contributed by atoms with Crippen molar-refractivity contribution in [3.05, 3.63) is 53.6 Å². The molecule has 0 bridgehead atoms. The lowest BCUT2D eigenvalue weighted by Crippen LogP contribution is -2.45. The Hall–Kier alpha value is -2.62. The summed E-state index contributed by atoms with van der Waals surface area (Å²) in [4.78, 5) is 17.3. The van der Waals surface area contributed by atoms with Gasteiger partial charge in [-0.15, -0.1) is 0 Å². The maximum Gasteiger partial charge on any atom is 0.262 e. The van der Waals surface area contributed by atoms with Crippen molar-refractivity contribution in [1.82, 2.24) is 9.80 Å². The van der Waals surface area contributed by atoms with E-state index in [9.17, 15) is 13.2 Å². The number of likely N-dealkylation sites (N-methyl/N-ethyl adjacent to an activating group) is 2. The van der Waals surface area contributed by atoms with Crippen LogP contribution in [0.1, 0.15) is 29.8 Å². The maximum atomic E-state index is 13.3. The SMILES string of the molecule is CO[C@H]1CN(C)C(=O)c2ccc(NS(=O)(=O)c3ccccc3C)cc2OC[C@@H](C)N(C)C[C@@H]1C. The van der Waals surface area contributed by atoms with Gasteiger partial charge in [0.1, 0.15) is 12.4 Å². The molecule has 2 aromatic carbocycles. The molecule has 3 atom stereocenters. The van der Waals surface area contributed by atoms with Crippen LogP contribution in [0.25, 0.3) is 0 Å². The molecule has 34 heavy (non-hydrogen) atoms. The maximum absolute atomic E-state index is 13.3. The van der Waals surface area contributed by atoms with Crippen LogP contribution in [-0.2, 0) is 14.8 Å². The van der Waals surface area contributed by atoms with Crippen LogP contribution < -0.4 is 9.46 Å². The summed E-state index contributed by atoms with van der Waals surface area (Å²) in [6, 6.07) is 11.6. The van der Waals surface area contributed by atoms with Crippen LogP contribution >= 0.6 is 0 Å². The minimum Gasteiger partial charge on any atom is -0.491 e. The lowest BCUT2D eigenvalue weighted by atomic mass is 10.0. The average Bonchev–Trinajstić information content (AvgIpc) is 2.79. The van der Waals surface area contributed by atoms with E-state index in [1.807, 2.05) is 7.05 Å². The second-order valence-electron chi connectivity index (χ2n) is 9.12. The molecule has 1 aliphatic rings. The Kier molecular flexibility index (Phi) is 8.22. The van der Waals surface area contributed by atoms with Gasteiger partial charge in [-0.3, -0.25) is 14.4 Å². The van der Waals surface area contributed by atoms with E-state index in [0.29, 0.717) is 35.7 Å². The minimum atomic E-state index is -3.80. The third kappa shape index (κ3) is 5.89. The van der Waals surface area contributed by atoms with E-state index < -0.39 is 10.0 Å². The number of benzene rings is 2. The molecule has 186 valence electrons. The number of carbonyl (C=O) groups excluding carboxylic acids is 1. The molecule has 0 saturated heterocycles. The summed E-state index contributed by atoms with van der Waals surface area (Å²) >= 11 is 0. The first kappa shape index (κ1) is 26.0. The fourth-order valence-corrected chi connectivity index (χ4v) is 5.38. The van der Waals surface area contributed by atoms with Gasteiger partial charge in [-0.2, -0.15) is 0 Å². The minimum absolute atomic E-state index is 0.0763. The predicted molar refractivity (Wildman–Crippen MR) is 133 cm³/mol. The summed E-state index contributed by atoms with van der Waals surface area (Å²) in [6.07, 6.45) is -0.118. The van der Waals surface area contributed by atoms with Crippen molar-refractivity contribution in [3.8, 4) is 5.75 Å². The van der Waals surface area contributed by atoms with Gasteiger partial charge in [-0.1, -0.05) is 25.1 Å². The van der Waals surface area contributed by atoms with Gasteiger partial charge in [0.15, 0.2) is 0 Å². The molecule has 0 radical (unpaired) electrons. The standard InChI is InChI=1S/C25H35N3O5S/c1-17-9-7-8-10-24(17)34(30,31)26-20-11-12-21-22(13-20)33-16-19(3)27(4)14-18(2)23(32-6)15-28(5)25(21)29/h7-13,18-19,23,26H,14-16H2,1-6H3/t18-,19+,23-/m0/s1. The molecule has 2 aromatic rings. The fourth-order valence-electron chi connectivity index (χ4n) is 4.08. The summed E-state index contributed by atoms with van der Waals surface area (Å²) in [7, 11) is 1.64. The van der Waals surface area contributed by atoms with Crippen LogP contribution in [0.2, 0.25) is 0 Å². The molecule has 0 aliphatic carbocycles. The third-order valence-corrected chi connectivity index (χ3v) is 7.94. The van der Waals surface area contributed by atoms with Crippen molar-refractivity contribution in [3.63, 3.8) is 0 Å². The third-order valence-electron chi connectivity index (χ3n) is 6.39. The van der Waals surface area contributed by atoms with E-state index in [-0.39, 0.29) is 28.9 Å². The monoisotopic (exact) mass is 489 g/mol. The van der Waals surface area contributed by atoms with Crippen molar-refractivity contribution in [2.75, 3.05) is 45.6 Å². The molecular formula is C25H35N3O5S. The molecule has 1 amide bonds. The number of sulfonamides is 1. The zero-order valence-electron chi connectivity index (χ0n) is 20.7. The van der Waals surface area contributed by atoms with Gasteiger partial charge in [-0.25, -0.2) is 8.42 Å². The summed E-state index contributed by atoms with van der Waals surface area (Å²) < 4.78 is 40.3. The molecule has 0 saturated carbocycles. The number of nitrogens with one attached hydrogen (secondary N) is 1. The van der Waals surface area contributed by atoms with Crippen LogP contribution in [0, 0.1) is 12.8 Å². The van der Waals surface area contributed by atoms with E-state index in [4.69, 9.17) is 9.47 Å². The molecule has 0 aromatic heterocycles. The van der Waals surface area contributed by atoms with Crippen molar-refractivity contribution >= 4 is 21.6 Å². The molecule has 1 aliphatic heterocycles. The number of hydrogen-bond donors (Lipinski definition) is 1. The Morgan fingerprint density at radius 2 is 1.79 bits per heavy atom. The molecule has 1 N–H and O–H groups in total. The van der Waals surface area contributed by atoms with E-state index in [1.54, 1.807) is 68.4 Å². The number of hydrogen-bond acceptors (Lipinski definition) is 6. The zero-order valence-corrected chi connectivity index (χ0v) is 21.6. The predicted octanol–water partition coefficient (Wildman–Crippen LogP) is 3.23. The molecule has 0 unspecified atom stereocenters. The average molecular weight is 490 g/mol. The molecule has 8 nitrogen and oxygen atoms in total. The van der Waals surface area contributed by atoms with Gasteiger partial charge < -0.3 is 14.4 Å². The lowest BCUT2D eigenvalue weighted by molar-refractivity contribution is 0.0150. The smallest absolute Gasteiger partial charge is 0.262 e. The summed E-state index contributed by atoms with van der Waals surface area (Å²) in [5.41, 5.74) is 1.35. The quantitative estimate of drug-likeness (QED) is 0.710. The highest BCUT2D eigenvalue weighted by molar-refractivity contribution is 7.92. The summed E-state index contributed by atoms with van der Waals surface area (Å²) in [5, 5.41) is 0. The van der Waals surface area contributed by atoms with Gasteiger partial charge in [0.25, 0.3) is 15.9 Å². The Morgan fingerprint density at radius 1 is 1.09 bits per heavy atom. The summed E-state index contributed by atoms with van der Waals surface area (Å²) in [5.74, 6) is 0.341. The first-order valence-electron chi connectivity index (χ1n) is 11.4. The highest BCUT2D eigenvalue weighted by atomic mass is 32.2. The number of aryl methyl sites for hydroxylation is 1. The molecular weight excluding hydrogens is 454 g/mol. The zero-order chi connectivity index (χ0) is 25.0. The normalized spacial score (nSPS) is 22.8. The van der Waals surface area contributed by atoms with Crippen LogP contribution in [-0.4, -0.2) is 77.2 Å². The first-order chi connectivity index (χ1) is 16.0. The van der Waals surface area contributed by atoms with Gasteiger partial charge >= 0.3 is 0 Å². The number of nitrogens with zero attached hydrogens (tertiary/aromatic N) is 2. The Labute approximate surface area is 202 Å². The van der Waals surface area contributed by atoms with Gasteiger partial charge in [0.2, 0.25) is 0 Å². The van der Waals surface area contributed by atoms with E-state index >= 15 is 0 Å². The van der Waals surface area contributed by atoms with E-state index in [0.717, 1.165) is 6.54 Å². The number of anilines is 1. The first-order valence-corrected chi connectivity index (χ1v) is 12.9.